The van der Waals surface area contributed by atoms with Gasteiger partial charge < -0.3 is 14.8 Å². The molecule has 0 aliphatic carbocycles. The van der Waals surface area contributed by atoms with E-state index in [4.69, 9.17) is 9.47 Å². The zero-order valence-corrected chi connectivity index (χ0v) is 12.5. The van der Waals surface area contributed by atoms with Crippen molar-refractivity contribution in [2.24, 2.45) is 0 Å². The number of aromatic nitrogens is 3. The highest BCUT2D eigenvalue weighted by Crippen LogP contribution is 2.30. The molecule has 1 aliphatic rings. The number of ether oxygens (including phenoxy) is 2. The Kier molecular flexibility index (Phi) is 3.63. The monoisotopic (exact) mass is 308 g/mol. The Bertz CT molecular complexity index is 838. The van der Waals surface area contributed by atoms with Crippen molar-refractivity contribution in [3.63, 3.8) is 0 Å². The molecular weight excluding hydrogens is 292 g/mol. The van der Waals surface area contributed by atoms with Crippen LogP contribution in [-0.4, -0.2) is 28.2 Å². The van der Waals surface area contributed by atoms with Gasteiger partial charge in [-0.05, 0) is 29.8 Å². The largest absolute Gasteiger partial charge is 0.490 e. The summed E-state index contributed by atoms with van der Waals surface area (Å²) in [6.45, 7) is 2.04. The molecule has 116 valence electrons. The predicted octanol–water partition coefficient (Wildman–Crippen LogP) is 2.80. The Hall–Kier alpha value is -2.89. The molecule has 6 heteroatoms. The van der Waals surface area contributed by atoms with E-state index in [1.54, 1.807) is 12.4 Å². The molecule has 0 unspecified atom stereocenters. The molecule has 0 spiro atoms. The zero-order valence-electron chi connectivity index (χ0n) is 12.5. The second-order valence-electron chi connectivity index (χ2n) is 5.28. The van der Waals surface area contributed by atoms with Gasteiger partial charge in [0.25, 0.3) is 0 Å². The lowest BCUT2D eigenvalue weighted by atomic mass is 10.2. The van der Waals surface area contributed by atoms with Gasteiger partial charge in [0.15, 0.2) is 17.1 Å². The van der Waals surface area contributed by atoms with Crippen molar-refractivity contribution in [1.29, 1.82) is 0 Å². The van der Waals surface area contributed by atoms with E-state index in [-0.39, 0.29) is 0 Å². The van der Waals surface area contributed by atoms with E-state index in [9.17, 15) is 0 Å². The Balaban J connectivity index is 1.50. The van der Waals surface area contributed by atoms with Crippen molar-refractivity contribution >= 4 is 17.0 Å². The smallest absolute Gasteiger partial charge is 0.180 e. The maximum absolute atomic E-state index is 5.71. The molecule has 0 atom stereocenters. The molecule has 0 fully saturated rings. The van der Waals surface area contributed by atoms with Gasteiger partial charge in [-0.15, -0.1) is 0 Å². The summed E-state index contributed by atoms with van der Waals surface area (Å²) in [5.74, 6) is 2.38. The summed E-state index contributed by atoms with van der Waals surface area (Å²) < 4.78 is 11.4. The molecule has 1 N–H and O–H groups in total. The topological polar surface area (TPSA) is 69.2 Å². The van der Waals surface area contributed by atoms with Crippen LogP contribution < -0.4 is 14.8 Å². The maximum Gasteiger partial charge on any atom is 0.180 e. The number of nitrogens with zero attached hydrogens (tertiary/aromatic N) is 3. The number of anilines is 1. The van der Waals surface area contributed by atoms with Crippen LogP contribution >= 0.6 is 0 Å². The van der Waals surface area contributed by atoms with E-state index in [0.29, 0.717) is 25.4 Å². The predicted molar refractivity (Wildman–Crippen MR) is 86.7 cm³/mol. The molecular formula is C17H16N4O2. The Morgan fingerprint density at radius 2 is 1.83 bits per heavy atom. The molecule has 0 bridgehead atoms. The van der Waals surface area contributed by atoms with Gasteiger partial charge in [-0.3, -0.25) is 4.98 Å². The zero-order chi connectivity index (χ0) is 15.5. The number of rotatable bonds is 3. The van der Waals surface area contributed by atoms with Gasteiger partial charge in [0.1, 0.15) is 11.3 Å². The summed E-state index contributed by atoms with van der Waals surface area (Å²) in [4.78, 5) is 12.9. The summed E-state index contributed by atoms with van der Waals surface area (Å²) in [5, 5.41) is 3.30. The van der Waals surface area contributed by atoms with Crippen molar-refractivity contribution in [3.8, 4) is 11.5 Å². The minimum absolute atomic E-state index is 0.635. The van der Waals surface area contributed by atoms with Crippen molar-refractivity contribution in [3.05, 3.63) is 48.3 Å². The summed E-state index contributed by atoms with van der Waals surface area (Å²) in [6, 6.07) is 9.80. The van der Waals surface area contributed by atoms with Crippen LogP contribution in [0.25, 0.3) is 11.2 Å². The molecule has 0 saturated heterocycles. The number of pyridine rings is 1. The van der Waals surface area contributed by atoms with Crippen LogP contribution in [0.4, 0.5) is 5.82 Å². The van der Waals surface area contributed by atoms with Crippen LogP contribution in [0.5, 0.6) is 11.5 Å². The quantitative estimate of drug-likeness (QED) is 0.802. The highest BCUT2D eigenvalue weighted by atomic mass is 16.5. The van der Waals surface area contributed by atoms with E-state index in [0.717, 1.165) is 34.8 Å². The van der Waals surface area contributed by atoms with Gasteiger partial charge in [-0.25, -0.2) is 9.97 Å². The minimum atomic E-state index is 0.635. The lowest BCUT2D eigenvalue weighted by Gasteiger charge is -2.10. The lowest BCUT2D eigenvalue weighted by Crippen LogP contribution is -2.02. The first kappa shape index (κ1) is 13.8. The molecule has 1 aliphatic heterocycles. The molecule has 1 aromatic carbocycles. The Morgan fingerprint density at radius 1 is 0.957 bits per heavy atom. The summed E-state index contributed by atoms with van der Waals surface area (Å²) >= 11 is 0. The normalized spacial score (nSPS) is 13.6. The van der Waals surface area contributed by atoms with Gasteiger partial charge in [0.05, 0.1) is 13.2 Å². The van der Waals surface area contributed by atoms with Gasteiger partial charge in [-0.1, -0.05) is 6.07 Å². The van der Waals surface area contributed by atoms with E-state index in [1.807, 2.05) is 30.3 Å². The van der Waals surface area contributed by atoms with Crippen molar-refractivity contribution in [1.82, 2.24) is 15.0 Å². The van der Waals surface area contributed by atoms with Gasteiger partial charge in [-0.2, -0.15) is 0 Å². The second kappa shape index (κ2) is 6.08. The van der Waals surface area contributed by atoms with Crippen LogP contribution in [0.1, 0.15) is 12.0 Å². The average molecular weight is 308 g/mol. The fourth-order valence-corrected chi connectivity index (χ4v) is 2.46. The molecule has 4 rings (SSSR count). The summed E-state index contributed by atoms with van der Waals surface area (Å²) in [7, 11) is 0. The first-order valence-corrected chi connectivity index (χ1v) is 7.59. The molecule has 0 radical (unpaired) electrons. The van der Waals surface area contributed by atoms with Crippen molar-refractivity contribution < 1.29 is 9.47 Å². The Labute approximate surface area is 133 Å². The van der Waals surface area contributed by atoms with Crippen LogP contribution in [0.15, 0.2) is 42.7 Å². The number of hydrogen-bond donors (Lipinski definition) is 1. The first-order chi connectivity index (χ1) is 11.4. The van der Waals surface area contributed by atoms with Crippen molar-refractivity contribution in [2.75, 3.05) is 18.5 Å². The van der Waals surface area contributed by atoms with Crippen LogP contribution in [0.3, 0.4) is 0 Å². The van der Waals surface area contributed by atoms with E-state index >= 15 is 0 Å². The van der Waals surface area contributed by atoms with E-state index < -0.39 is 0 Å². The number of hydrogen-bond acceptors (Lipinski definition) is 6. The maximum atomic E-state index is 5.71. The third kappa shape index (κ3) is 3.01. The van der Waals surface area contributed by atoms with Gasteiger partial charge in [0, 0.05) is 25.4 Å². The van der Waals surface area contributed by atoms with Crippen LogP contribution in [0, 0.1) is 0 Å². The first-order valence-electron chi connectivity index (χ1n) is 7.59. The average Bonchev–Trinajstić information content (AvgIpc) is 2.84. The highest BCUT2D eigenvalue weighted by Gasteiger charge is 2.10. The fraction of sp³-hybridized carbons (Fsp3) is 0.235. The molecule has 0 saturated carbocycles. The number of fused-ring (bicyclic) bond motifs is 2. The van der Waals surface area contributed by atoms with Gasteiger partial charge >= 0.3 is 0 Å². The van der Waals surface area contributed by atoms with Crippen LogP contribution in [-0.2, 0) is 6.54 Å². The SMILES string of the molecule is c1cnc2nc(NCc3ccc4c(c3)OCCCO4)ccc2n1. The standard InChI is InChI=1S/C17H16N4O2/c1-8-22-14-4-2-12(10-15(14)23-9-1)11-20-16-5-3-13-17(21-16)19-7-6-18-13/h2-7,10H,1,8-9,11H2,(H,19,20,21). The highest BCUT2D eigenvalue weighted by molar-refractivity contribution is 5.71. The third-order valence-corrected chi connectivity index (χ3v) is 3.62. The van der Waals surface area contributed by atoms with Gasteiger partial charge in [0.2, 0.25) is 0 Å². The second-order valence-corrected chi connectivity index (χ2v) is 5.28. The molecule has 0 amide bonds. The van der Waals surface area contributed by atoms with E-state index in [2.05, 4.69) is 20.3 Å². The van der Waals surface area contributed by atoms with Crippen molar-refractivity contribution in [2.45, 2.75) is 13.0 Å². The number of nitrogens with one attached hydrogen (secondary N) is 1. The molecule has 23 heavy (non-hydrogen) atoms. The molecule has 3 aromatic rings. The fourth-order valence-electron chi connectivity index (χ4n) is 2.46. The lowest BCUT2D eigenvalue weighted by molar-refractivity contribution is 0.297. The summed E-state index contributed by atoms with van der Waals surface area (Å²) in [5.41, 5.74) is 2.53. The number of benzene rings is 1. The molecule has 6 nitrogen and oxygen atoms in total. The third-order valence-electron chi connectivity index (χ3n) is 3.62. The summed E-state index contributed by atoms with van der Waals surface area (Å²) in [6.07, 6.45) is 4.21. The van der Waals surface area contributed by atoms with E-state index in [1.165, 1.54) is 0 Å². The minimum Gasteiger partial charge on any atom is -0.490 e. The Morgan fingerprint density at radius 3 is 2.78 bits per heavy atom. The molecule has 2 aromatic heterocycles. The molecule has 3 heterocycles. The van der Waals surface area contributed by atoms with Crippen LogP contribution in [0.2, 0.25) is 0 Å².